The number of ether oxygens (including phenoxy) is 2. The van der Waals surface area contributed by atoms with Crippen molar-refractivity contribution < 1.29 is 28.7 Å². The second-order valence-electron chi connectivity index (χ2n) is 11.4. The van der Waals surface area contributed by atoms with E-state index in [2.05, 4.69) is 16.0 Å². The Balaban J connectivity index is 1.53. The Morgan fingerprint density at radius 3 is 2.30 bits per heavy atom. The molecule has 4 rings (SSSR count). The summed E-state index contributed by atoms with van der Waals surface area (Å²) < 4.78 is 12.2. The number of nitrogens with one attached hydrogen (secondary N) is 3. The molecule has 1 aliphatic carbocycles. The molecule has 1 saturated carbocycles. The number of rotatable bonds is 11. The molecule has 2 atom stereocenters. The van der Waals surface area contributed by atoms with Crippen LogP contribution in [0, 0.1) is 5.92 Å². The van der Waals surface area contributed by atoms with E-state index >= 15 is 0 Å². The highest BCUT2D eigenvalue weighted by Crippen LogP contribution is 2.31. The van der Waals surface area contributed by atoms with Crippen LogP contribution in [0.1, 0.15) is 59.9 Å². The fourth-order valence-corrected chi connectivity index (χ4v) is 6.11. The number of carbonyl (C=O) groups is 4. The van der Waals surface area contributed by atoms with Crippen molar-refractivity contribution in [3.05, 3.63) is 29.5 Å². The Morgan fingerprint density at radius 1 is 1.00 bits per heavy atom. The SMILES string of the molecule is CN[C@@H](C)C(=O)NC(C(=O)N1CCN(C(=O)c2c(C(=O)NCCOC)c3ccc(OC)cc3n2C)CC1)C1CCCCC1. The van der Waals surface area contributed by atoms with E-state index < -0.39 is 12.1 Å². The number of amides is 4. The summed E-state index contributed by atoms with van der Waals surface area (Å²) in [7, 11) is 6.62. The molecule has 43 heavy (non-hydrogen) atoms. The maximum atomic E-state index is 14.0. The maximum Gasteiger partial charge on any atom is 0.271 e. The van der Waals surface area contributed by atoms with Gasteiger partial charge in [0.25, 0.3) is 11.8 Å². The van der Waals surface area contributed by atoms with Crippen LogP contribution >= 0.6 is 0 Å². The van der Waals surface area contributed by atoms with Crippen LogP contribution in [0.25, 0.3) is 10.9 Å². The quantitative estimate of drug-likeness (QED) is 0.334. The van der Waals surface area contributed by atoms with E-state index in [4.69, 9.17) is 9.47 Å². The predicted octanol–water partition coefficient (Wildman–Crippen LogP) is 1.52. The molecule has 2 fully saturated rings. The molecule has 1 aliphatic heterocycles. The molecule has 12 heteroatoms. The van der Waals surface area contributed by atoms with Crippen LogP contribution in [0.3, 0.4) is 0 Å². The van der Waals surface area contributed by atoms with Gasteiger partial charge in [-0.25, -0.2) is 0 Å². The highest BCUT2D eigenvalue weighted by molar-refractivity contribution is 6.16. The van der Waals surface area contributed by atoms with Gasteiger partial charge in [0, 0.05) is 58.3 Å². The number of hydrogen-bond donors (Lipinski definition) is 3. The second-order valence-corrected chi connectivity index (χ2v) is 11.4. The largest absolute Gasteiger partial charge is 0.497 e. The van der Waals surface area contributed by atoms with Gasteiger partial charge in [0.05, 0.1) is 30.8 Å². The lowest BCUT2D eigenvalue weighted by atomic mass is 9.83. The highest BCUT2D eigenvalue weighted by Gasteiger charge is 2.37. The van der Waals surface area contributed by atoms with E-state index in [0.717, 1.165) is 32.1 Å². The summed E-state index contributed by atoms with van der Waals surface area (Å²) in [6.45, 7) is 3.76. The summed E-state index contributed by atoms with van der Waals surface area (Å²) >= 11 is 0. The summed E-state index contributed by atoms with van der Waals surface area (Å²) in [5, 5.41) is 9.48. The topological polar surface area (TPSA) is 134 Å². The Labute approximate surface area is 253 Å². The van der Waals surface area contributed by atoms with Crippen LogP contribution in [-0.4, -0.2) is 111 Å². The Bertz CT molecular complexity index is 1310. The Kier molecular flexibility index (Phi) is 11.0. The summed E-state index contributed by atoms with van der Waals surface area (Å²) in [6.07, 6.45) is 5.06. The van der Waals surface area contributed by atoms with Crippen LogP contribution in [0.15, 0.2) is 18.2 Å². The number of aromatic nitrogens is 1. The minimum atomic E-state index is -0.582. The molecule has 3 N–H and O–H groups in total. The van der Waals surface area contributed by atoms with Gasteiger partial charge in [-0.1, -0.05) is 19.3 Å². The highest BCUT2D eigenvalue weighted by atomic mass is 16.5. The molecule has 0 radical (unpaired) electrons. The number of benzene rings is 1. The van der Waals surface area contributed by atoms with Gasteiger partial charge < -0.3 is 39.8 Å². The molecule has 1 saturated heterocycles. The molecule has 4 amide bonds. The zero-order valence-corrected chi connectivity index (χ0v) is 26.0. The van der Waals surface area contributed by atoms with E-state index in [9.17, 15) is 19.2 Å². The number of hydrogen-bond acceptors (Lipinski definition) is 7. The first kappa shape index (κ1) is 32.3. The number of nitrogens with zero attached hydrogens (tertiary/aromatic N) is 3. The van der Waals surface area contributed by atoms with Gasteiger partial charge in [-0.2, -0.15) is 0 Å². The molecule has 12 nitrogen and oxygen atoms in total. The first-order valence-electron chi connectivity index (χ1n) is 15.2. The number of likely N-dealkylation sites (N-methyl/N-ethyl adjacent to an activating group) is 1. The molecule has 1 aromatic carbocycles. The van der Waals surface area contributed by atoms with Crippen molar-refractivity contribution in [1.82, 2.24) is 30.3 Å². The normalized spacial score (nSPS) is 17.4. The average Bonchev–Trinajstić information content (AvgIpc) is 3.34. The average molecular weight is 599 g/mol. The summed E-state index contributed by atoms with van der Waals surface area (Å²) in [5.74, 6) is -0.196. The lowest BCUT2D eigenvalue weighted by Crippen LogP contribution is -2.59. The van der Waals surface area contributed by atoms with Crippen LogP contribution in [-0.2, 0) is 21.4 Å². The number of fused-ring (bicyclic) bond motifs is 1. The van der Waals surface area contributed by atoms with Crippen molar-refractivity contribution in [1.29, 1.82) is 0 Å². The molecule has 236 valence electrons. The molecule has 0 bridgehead atoms. The monoisotopic (exact) mass is 598 g/mol. The summed E-state index contributed by atoms with van der Waals surface area (Å²) in [4.78, 5) is 57.4. The third kappa shape index (κ3) is 7.13. The minimum absolute atomic E-state index is 0.0921. The fourth-order valence-electron chi connectivity index (χ4n) is 6.11. The predicted molar refractivity (Wildman–Crippen MR) is 163 cm³/mol. The van der Waals surface area contributed by atoms with Crippen LogP contribution in [0.5, 0.6) is 5.75 Å². The summed E-state index contributed by atoms with van der Waals surface area (Å²) in [6, 6.07) is 4.38. The first-order valence-corrected chi connectivity index (χ1v) is 15.2. The minimum Gasteiger partial charge on any atom is -0.497 e. The van der Waals surface area contributed by atoms with Crippen molar-refractivity contribution in [2.45, 2.75) is 51.1 Å². The van der Waals surface area contributed by atoms with Crippen molar-refractivity contribution in [3.8, 4) is 5.75 Å². The van der Waals surface area contributed by atoms with E-state index in [0.29, 0.717) is 61.5 Å². The van der Waals surface area contributed by atoms with E-state index in [-0.39, 0.29) is 35.2 Å². The third-order valence-electron chi connectivity index (χ3n) is 8.82. The second kappa shape index (κ2) is 14.7. The van der Waals surface area contributed by atoms with Gasteiger partial charge in [-0.15, -0.1) is 0 Å². The first-order chi connectivity index (χ1) is 20.7. The van der Waals surface area contributed by atoms with E-state index in [1.54, 1.807) is 61.7 Å². The summed E-state index contributed by atoms with van der Waals surface area (Å²) in [5.41, 5.74) is 1.29. The van der Waals surface area contributed by atoms with Gasteiger partial charge in [-0.3, -0.25) is 19.2 Å². The standard InChI is InChI=1S/C31H46N6O6/c1-20(32-2)28(38)34-26(21-9-7-6-8-10-21)30(40)36-14-16-37(17-15-36)31(41)27-25(29(39)33-13-18-42-4)23-12-11-22(43-5)19-24(23)35(27)3/h11-12,19-21,26,32H,6-10,13-18H2,1-5H3,(H,33,39)(H,34,38)/t20-,26?/m0/s1. The van der Waals surface area contributed by atoms with Crippen molar-refractivity contribution in [2.24, 2.45) is 13.0 Å². The lowest BCUT2D eigenvalue weighted by Gasteiger charge is -2.39. The fraction of sp³-hybridized carbons (Fsp3) is 0.613. The molecule has 1 aromatic heterocycles. The van der Waals surface area contributed by atoms with Crippen molar-refractivity contribution >= 4 is 34.5 Å². The molecular formula is C31H46N6O6. The third-order valence-corrected chi connectivity index (χ3v) is 8.82. The molecule has 2 aliphatic rings. The van der Waals surface area contributed by atoms with Crippen LogP contribution in [0.4, 0.5) is 0 Å². The van der Waals surface area contributed by atoms with Crippen molar-refractivity contribution in [3.63, 3.8) is 0 Å². The zero-order chi connectivity index (χ0) is 31.1. The smallest absolute Gasteiger partial charge is 0.271 e. The molecule has 1 unspecified atom stereocenters. The maximum absolute atomic E-state index is 14.0. The number of aryl methyl sites for hydroxylation is 1. The van der Waals surface area contributed by atoms with Crippen LogP contribution < -0.4 is 20.7 Å². The van der Waals surface area contributed by atoms with E-state index in [1.807, 2.05) is 6.07 Å². The zero-order valence-electron chi connectivity index (χ0n) is 26.0. The molecular weight excluding hydrogens is 552 g/mol. The van der Waals surface area contributed by atoms with E-state index in [1.165, 1.54) is 0 Å². The van der Waals surface area contributed by atoms with Gasteiger partial charge >= 0.3 is 0 Å². The van der Waals surface area contributed by atoms with Crippen molar-refractivity contribution in [2.75, 3.05) is 60.6 Å². The van der Waals surface area contributed by atoms with Gasteiger partial charge in [0.15, 0.2) is 0 Å². The molecule has 2 aromatic rings. The van der Waals surface area contributed by atoms with Crippen LogP contribution in [0.2, 0.25) is 0 Å². The molecule has 0 spiro atoms. The Morgan fingerprint density at radius 2 is 1.67 bits per heavy atom. The number of piperazine rings is 1. The number of methoxy groups -OCH3 is 2. The number of carbonyl (C=O) groups excluding carboxylic acids is 4. The van der Waals surface area contributed by atoms with Gasteiger partial charge in [-0.05, 0) is 44.9 Å². The molecule has 2 heterocycles. The lowest BCUT2D eigenvalue weighted by molar-refractivity contribution is -0.140. The van der Waals surface area contributed by atoms with Gasteiger partial charge in [0.2, 0.25) is 11.8 Å². The Hall–Kier alpha value is -3.64. The van der Waals surface area contributed by atoms with Gasteiger partial charge in [0.1, 0.15) is 17.5 Å².